The molecular weight excluding hydrogens is 603 g/mol. The normalized spacial score (nSPS) is 23.7. The van der Waals surface area contributed by atoms with E-state index in [2.05, 4.69) is 21.5 Å². The van der Waals surface area contributed by atoms with Gasteiger partial charge in [-0.1, -0.05) is 29.5 Å². The molecular formula is C29H27ClF3N7O2S. The molecule has 9 nitrogen and oxygen atoms in total. The minimum atomic E-state index is -0.956. The second kappa shape index (κ2) is 10.5. The predicted molar refractivity (Wildman–Crippen MR) is 160 cm³/mol. The first-order chi connectivity index (χ1) is 20.6. The quantitative estimate of drug-likeness (QED) is 0.303. The van der Waals surface area contributed by atoms with Gasteiger partial charge in [-0.2, -0.15) is 9.97 Å². The van der Waals surface area contributed by atoms with E-state index < -0.39 is 17.8 Å². The lowest BCUT2D eigenvalue weighted by Gasteiger charge is -2.47. The maximum absolute atomic E-state index is 16.6. The maximum atomic E-state index is 16.6. The third-order valence-electron chi connectivity index (χ3n) is 8.69. The fourth-order valence-electron chi connectivity index (χ4n) is 6.52. The van der Waals surface area contributed by atoms with Crippen molar-refractivity contribution in [1.82, 2.24) is 24.8 Å². The van der Waals surface area contributed by atoms with Crippen molar-refractivity contribution in [1.29, 1.82) is 0 Å². The third-order valence-corrected chi connectivity index (χ3v) is 9.88. The topological polar surface area (TPSA) is 101 Å². The Labute approximate surface area is 253 Å². The number of carbonyl (C=O) groups excluding carboxylic acids is 1. The number of hydrogen-bond donors (Lipinski definition) is 1. The predicted octanol–water partition coefficient (Wildman–Crippen LogP) is 4.82. The molecule has 4 aromatic rings. The smallest absolute Gasteiger partial charge is 0.319 e. The Morgan fingerprint density at radius 2 is 2.05 bits per heavy atom. The van der Waals surface area contributed by atoms with E-state index in [-0.39, 0.29) is 73.7 Å². The molecule has 2 aromatic heterocycles. The number of rotatable bonds is 6. The van der Waals surface area contributed by atoms with E-state index in [0.717, 1.165) is 11.3 Å². The van der Waals surface area contributed by atoms with Crippen LogP contribution in [0.25, 0.3) is 32.2 Å². The van der Waals surface area contributed by atoms with Crippen LogP contribution < -0.4 is 15.4 Å². The number of alkyl halides is 1. The Hall–Kier alpha value is -3.68. The van der Waals surface area contributed by atoms with Crippen molar-refractivity contribution in [2.45, 2.75) is 37.1 Å². The number of hydrogen-bond acceptors (Lipinski definition) is 9. The Balaban J connectivity index is 1.34. The van der Waals surface area contributed by atoms with Crippen LogP contribution in [-0.4, -0.2) is 88.2 Å². The monoisotopic (exact) mass is 629 g/mol. The number of ether oxygens (including phenoxy) is 1. The molecule has 0 saturated carbocycles. The molecule has 0 aliphatic carbocycles. The number of nitrogens with two attached hydrogens (primary N) is 1. The fraction of sp³-hybridized carbons (Fsp3) is 0.379. The summed E-state index contributed by atoms with van der Waals surface area (Å²) in [5, 5.41) is 0.569. The van der Waals surface area contributed by atoms with Crippen molar-refractivity contribution in [3.05, 3.63) is 47.5 Å². The Kier molecular flexibility index (Phi) is 6.86. The Morgan fingerprint density at radius 1 is 1.23 bits per heavy atom. The summed E-state index contributed by atoms with van der Waals surface area (Å²) in [6.45, 7) is 5.07. The molecule has 14 heteroatoms. The van der Waals surface area contributed by atoms with Crippen LogP contribution in [0.4, 0.5) is 24.1 Å². The summed E-state index contributed by atoms with van der Waals surface area (Å²) < 4.78 is 51.3. The lowest BCUT2D eigenvalue weighted by molar-refractivity contribution is -0.127. The van der Waals surface area contributed by atoms with E-state index in [0.29, 0.717) is 43.7 Å². The summed E-state index contributed by atoms with van der Waals surface area (Å²) >= 11 is 7.70. The summed E-state index contributed by atoms with van der Waals surface area (Å²) in [5.41, 5.74) is 6.30. The molecule has 3 aliphatic rings. The number of benzene rings is 2. The molecule has 224 valence electrons. The number of amides is 1. The van der Waals surface area contributed by atoms with Gasteiger partial charge in [-0.05, 0) is 44.2 Å². The second-order valence-electron chi connectivity index (χ2n) is 11.1. The highest BCUT2D eigenvalue weighted by molar-refractivity contribution is 7.22. The van der Waals surface area contributed by atoms with E-state index in [9.17, 15) is 13.6 Å². The van der Waals surface area contributed by atoms with Crippen LogP contribution in [0.3, 0.4) is 0 Å². The van der Waals surface area contributed by atoms with E-state index in [1.54, 1.807) is 11.0 Å². The van der Waals surface area contributed by atoms with Gasteiger partial charge in [0.05, 0.1) is 27.3 Å². The first-order valence-corrected chi connectivity index (χ1v) is 15.1. The molecule has 4 unspecified atom stereocenters. The first kappa shape index (κ1) is 28.1. The molecule has 0 radical (unpaired) electrons. The summed E-state index contributed by atoms with van der Waals surface area (Å²) in [6.07, 6.45) is 1.36. The van der Waals surface area contributed by atoms with Gasteiger partial charge in [0.15, 0.2) is 10.9 Å². The second-order valence-corrected chi connectivity index (χ2v) is 12.6. The zero-order chi connectivity index (χ0) is 30.2. The van der Waals surface area contributed by atoms with Gasteiger partial charge in [0.2, 0.25) is 5.91 Å². The molecule has 5 heterocycles. The number of fused-ring (bicyclic) bond motifs is 3. The van der Waals surface area contributed by atoms with Crippen molar-refractivity contribution >= 4 is 60.9 Å². The number of carbonyl (C=O) groups is 1. The van der Waals surface area contributed by atoms with Gasteiger partial charge < -0.3 is 20.3 Å². The molecule has 3 saturated heterocycles. The van der Waals surface area contributed by atoms with Crippen LogP contribution in [0, 0.1) is 11.6 Å². The van der Waals surface area contributed by atoms with Crippen LogP contribution in [0.5, 0.6) is 6.01 Å². The van der Waals surface area contributed by atoms with Crippen molar-refractivity contribution in [3.8, 4) is 17.1 Å². The van der Waals surface area contributed by atoms with Crippen molar-refractivity contribution in [2.75, 3.05) is 43.9 Å². The number of aromatic nitrogens is 3. The highest BCUT2D eigenvalue weighted by Crippen LogP contribution is 2.45. The summed E-state index contributed by atoms with van der Waals surface area (Å²) in [6, 6.07) is 3.91. The lowest BCUT2D eigenvalue weighted by Crippen LogP contribution is -2.63. The van der Waals surface area contributed by atoms with Gasteiger partial charge in [-0.15, -0.1) is 0 Å². The average molecular weight is 630 g/mol. The van der Waals surface area contributed by atoms with Crippen LogP contribution in [0.1, 0.15) is 12.8 Å². The highest BCUT2D eigenvalue weighted by Gasteiger charge is 2.49. The maximum Gasteiger partial charge on any atom is 0.319 e. The van der Waals surface area contributed by atoms with Crippen molar-refractivity contribution in [3.63, 3.8) is 0 Å². The minimum Gasteiger partial charge on any atom is -0.462 e. The molecule has 4 atom stereocenters. The summed E-state index contributed by atoms with van der Waals surface area (Å²) in [7, 11) is 1.82. The van der Waals surface area contributed by atoms with E-state index in [4.69, 9.17) is 22.1 Å². The zero-order valence-electron chi connectivity index (χ0n) is 23.1. The van der Waals surface area contributed by atoms with E-state index in [1.165, 1.54) is 18.2 Å². The molecule has 1 amide bonds. The van der Waals surface area contributed by atoms with Gasteiger partial charge in [-0.3, -0.25) is 9.69 Å². The number of anilines is 2. The van der Waals surface area contributed by atoms with Gasteiger partial charge >= 0.3 is 6.01 Å². The van der Waals surface area contributed by atoms with Gasteiger partial charge in [0.25, 0.3) is 0 Å². The largest absolute Gasteiger partial charge is 0.462 e. The standard InChI is InChI=1S/C29H27ClF3N7O2S/c1-3-21(41)39-7-6-19-20(39)11-40(19)27-16-9-17(30)22(15-4-5-18(32)26-25(15)35-28(34)43-26)23(33)24(16)36-29(37-27)42-12-14-8-13(31)10-38(14)2/h3-5,9,13-14,19-20H,1,6-8,10-12H2,2H3,(H2,34,35). The highest BCUT2D eigenvalue weighted by atomic mass is 35.5. The number of likely N-dealkylation sites (N-methyl/N-ethyl adjacent to an activating group) is 1. The Morgan fingerprint density at radius 3 is 2.79 bits per heavy atom. The fourth-order valence-corrected chi connectivity index (χ4v) is 7.57. The molecule has 3 fully saturated rings. The molecule has 0 bridgehead atoms. The molecule has 3 aliphatic heterocycles. The molecule has 0 spiro atoms. The number of likely N-dealkylation sites (tertiary alicyclic amines) is 2. The Bertz CT molecular complexity index is 1810. The molecule has 43 heavy (non-hydrogen) atoms. The van der Waals surface area contributed by atoms with Crippen molar-refractivity contribution in [2.24, 2.45) is 0 Å². The number of thiazole rings is 1. The average Bonchev–Trinajstić information content (AvgIpc) is 3.62. The first-order valence-electron chi connectivity index (χ1n) is 13.9. The minimum absolute atomic E-state index is 0.000899. The van der Waals surface area contributed by atoms with E-state index >= 15 is 4.39 Å². The van der Waals surface area contributed by atoms with Crippen LogP contribution in [-0.2, 0) is 4.79 Å². The van der Waals surface area contributed by atoms with Gasteiger partial charge in [0, 0.05) is 42.2 Å². The summed E-state index contributed by atoms with van der Waals surface area (Å²) in [4.78, 5) is 31.4. The third kappa shape index (κ3) is 4.56. The molecule has 7 rings (SSSR count). The van der Waals surface area contributed by atoms with Gasteiger partial charge in [-0.25, -0.2) is 18.2 Å². The number of nitrogen functional groups attached to an aromatic ring is 1. The van der Waals surface area contributed by atoms with Crippen LogP contribution in [0.2, 0.25) is 5.02 Å². The number of halogens is 4. The van der Waals surface area contributed by atoms with Crippen molar-refractivity contribution < 1.29 is 22.7 Å². The summed E-state index contributed by atoms with van der Waals surface area (Å²) in [5.74, 6) is -0.982. The van der Waals surface area contributed by atoms with Crippen LogP contribution >= 0.6 is 22.9 Å². The zero-order valence-corrected chi connectivity index (χ0v) is 24.6. The SMILES string of the molecule is C=CC(=O)N1CCC2C1CN2c1nc(OCC2CC(F)CN2C)nc2c(F)c(-c3ccc(F)c4sc(N)nc34)c(Cl)cc12. The van der Waals surface area contributed by atoms with E-state index in [1.807, 2.05) is 16.8 Å². The van der Waals surface area contributed by atoms with Gasteiger partial charge in [0.1, 0.15) is 29.9 Å². The van der Waals surface area contributed by atoms with Crippen LogP contribution in [0.15, 0.2) is 30.9 Å². The lowest BCUT2D eigenvalue weighted by atomic mass is 9.95. The molecule has 2 N–H and O–H groups in total. The number of nitrogens with zero attached hydrogens (tertiary/aromatic N) is 6. The molecule has 2 aromatic carbocycles.